The number of carbonyl (C=O) groups excluding carboxylic acids is 4. The molecule has 9 nitrogen and oxygen atoms in total. The van der Waals surface area contributed by atoms with Crippen molar-refractivity contribution >= 4 is 41.2 Å². The maximum Gasteiger partial charge on any atom is 0.321 e. The third-order valence-electron chi connectivity index (χ3n) is 8.46. The van der Waals surface area contributed by atoms with E-state index in [9.17, 15) is 19.2 Å². The van der Waals surface area contributed by atoms with E-state index in [1.54, 1.807) is 60.7 Å². The highest BCUT2D eigenvalue weighted by Crippen LogP contribution is 2.34. The van der Waals surface area contributed by atoms with E-state index in [0.29, 0.717) is 53.7 Å². The second-order valence-corrected chi connectivity index (χ2v) is 11.3. The number of benzene rings is 3. The van der Waals surface area contributed by atoms with E-state index < -0.39 is 23.9 Å². The summed E-state index contributed by atoms with van der Waals surface area (Å²) in [4.78, 5) is 60.0. The van der Waals surface area contributed by atoms with Crippen molar-refractivity contribution in [2.45, 2.75) is 31.8 Å². The highest BCUT2D eigenvalue weighted by molar-refractivity contribution is 6.21. The standard InChI is InChI=1S/C33H32FN5O4/c34-27-10-3-1-8-25(27)30-26-9-2-4-11-28(26)39(19-29(41)38-17-21-12-13-22(18-38)15-14-21)32(42)31(36-30)37-33(43)35-24-7-5-6-23(16-24)20-40/h1-11,16,20-22,31H,12-15,17-19H2,(H2,35,37,43). The number of hydrogen-bond donors (Lipinski definition) is 2. The second kappa shape index (κ2) is 12.2. The molecule has 3 aromatic carbocycles. The molecule has 1 saturated carbocycles. The van der Waals surface area contributed by atoms with Crippen molar-refractivity contribution < 1.29 is 23.6 Å². The summed E-state index contributed by atoms with van der Waals surface area (Å²) < 4.78 is 15.1. The Morgan fingerprint density at radius 1 is 0.907 bits per heavy atom. The first kappa shape index (κ1) is 28.3. The van der Waals surface area contributed by atoms with Gasteiger partial charge in [-0.1, -0.05) is 42.5 Å². The number of benzodiazepines with no additional fused rings is 1. The summed E-state index contributed by atoms with van der Waals surface area (Å²) in [5.41, 5.74) is 1.92. The zero-order chi connectivity index (χ0) is 29.9. The van der Waals surface area contributed by atoms with Crippen molar-refractivity contribution in [1.82, 2.24) is 10.2 Å². The Balaban J connectivity index is 1.35. The van der Waals surface area contributed by atoms with Gasteiger partial charge in [0.25, 0.3) is 5.91 Å². The van der Waals surface area contributed by atoms with Gasteiger partial charge < -0.3 is 15.5 Å². The van der Waals surface area contributed by atoms with E-state index in [1.807, 2.05) is 4.90 Å². The number of aliphatic imine (C=N–C) groups is 1. The van der Waals surface area contributed by atoms with E-state index >= 15 is 4.39 Å². The molecule has 3 heterocycles. The highest BCUT2D eigenvalue weighted by atomic mass is 19.1. The van der Waals surface area contributed by atoms with Crippen molar-refractivity contribution in [3.8, 4) is 0 Å². The van der Waals surface area contributed by atoms with E-state index in [2.05, 4.69) is 15.6 Å². The van der Waals surface area contributed by atoms with Crippen molar-refractivity contribution in [1.29, 1.82) is 0 Å². The number of anilines is 2. The van der Waals surface area contributed by atoms with Crippen LogP contribution in [-0.4, -0.2) is 60.5 Å². The Morgan fingerprint density at radius 2 is 1.58 bits per heavy atom. The predicted octanol–water partition coefficient (Wildman–Crippen LogP) is 4.62. The summed E-state index contributed by atoms with van der Waals surface area (Å²) in [6.07, 6.45) is 3.62. The molecule has 0 spiro atoms. The first-order chi connectivity index (χ1) is 20.9. The smallest absolute Gasteiger partial charge is 0.321 e. The molecule has 1 aliphatic carbocycles. The molecule has 1 unspecified atom stereocenters. The van der Waals surface area contributed by atoms with Gasteiger partial charge in [0.15, 0.2) is 0 Å². The minimum atomic E-state index is -1.47. The Bertz CT molecular complexity index is 1590. The third-order valence-corrected chi connectivity index (χ3v) is 8.46. The second-order valence-electron chi connectivity index (χ2n) is 11.3. The van der Waals surface area contributed by atoms with Crippen molar-refractivity contribution in [2.75, 3.05) is 29.9 Å². The maximum atomic E-state index is 15.1. The molecule has 4 amide bonds. The Hall–Kier alpha value is -4.86. The van der Waals surface area contributed by atoms with Crippen LogP contribution >= 0.6 is 0 Å². The van der Waals surface area contributed by atoms with E-state index in [1.165, 1.54) is 17.0 Å². The van der Waals surface area contributed by atoms with Crippen molar-refractivity contribution in [3.63, 3.8) is 0 Å². The normalized spacial score (nSPS) is 21.3. The van der Waals surface area contributed by atoms with Crippen LogP contribution in [0.15, 0.2) is 77.8 Å². The van der Waals surface area contributed by atoms with E-state index in [4.69, 9.17) is 0 Å². The molecule has 1 atom stereocenters. The number of nitrogens with zero attached hydrogens (tertiary/aromatic N) is 3. The number of rotatable bonds is 6. The van der Waals surface area contributed by atoms with Gasteiger partial charge in [-0.15, -0.1) is 0 Å². The number of urea groups is 1. The van der Waals surface area contributed by atoms with Gasteiger partial charge in [-0.2, -0.15) is 0 Å². The Morgan fingerprint density at radius 3 is 2.28 bits per heavy atom. The molecule has 10 heteroatoms. The Labute approximate surface area is 248 Å². The largest absolute Gasteiger partial charge is 0.341 e. The molecule has 3 aliphatic heterocycles. The average molecular weight is 582 g/mol. The molecule has 2 bridgehead atoms. The first-order valence-electron chi connectivity index (χ1n) is 14.5. The fourth-order valence-corrected chi connectivity index (χ4v) is 6.27. The molecular weight excluding hydrogens is 549 g/mol. The molecule has 2 saturated heterocycles. The number of para-hydroxylation sites is 1. The summed E-state index contributed by atoms with van der Waals surface area (Å²) in [6, 6.07) is 18.6. The van der Waals surface area contributed by atoms with Gasteiger partial charge >= 0.3 is 6.03 Å². The van der Waals surface area contributed by atoms with Crippen LogP contribution in [0.3, 0.4) is 0 Å². The van der Waals surface area contributed by atoms with Crippen LogP contribution in [0.5, 0.6) is 0 Å². The number of nitrogens with one attached hydrogen (secondary N) is 2. The summed E-state index contributed by atoms with van der Waals surface area (Å²) >= 11 is 0. The number of aldehydes is 1. The first-order valence-corrected chi connectivity index (χ1v) is 14.5. The van der Waals surface area contributed by atoms with Gasteiger partial charge in [-0.3, -0.25) is 19.3 Å². The van der Waals surface area contributed by atoms with Gasteiger partial charge in [-0.05, 0) is 67.9 Å². The molecule has 3 aromatic rings. The van der Waals surface area contributed by atoms with Gasteiger partial charge in [0.05, 0.1) is 11.4 Å². The zero-order valence-electron chi connectivity index (χ0n) is 23.5. The van der Waals surface area contributed by atoms with Gasteiger partial charge in [0.1, 0.15) is 18.6 Å². The Kier molecular flexibility index (Phi) is 8.00. The molecular formula is C33H32FN5O4. The number of hydrogen-bond acceptors (Lipinski definition) is 5. The van der Waals surface area contributed by atoms with Crippen LogP contribution in [-0.2, 0) is 9.59 Å². The zero-order valence-corrected chi connectivity index (χ0v) is 23.5. The third kappa shape index (κ3) is 6.04. The summed E-state index contributed by atoms with van der Waals surface area (Å²) in [6.45, 7) is 1.09. The number of amides is 4. The molecule has 2 N–H and O–H groups in total. The minimum absolute atomic E-state index is 0.158. The van der Waals surface area contributed by atoms with Crippen LogP contribution in [0.25, 0.3) is 0 Å². The highest BCUT2D eigenvalue weighted by Gasteiger charge is 2.37. The maximum absolute atomic E-state index is 15.1. The van der Waals surface area contributed by atoms with Crippen LogP contribution in [0.4, 0.5) is 20.6 Å². The van der Waals surface area contributed by atoms with Crippen molar-refractivity contribution in [3.05, 3.63) is 95.3 Å². The van der Waals surface area contributed by atoms with Crippen LogP contribution in [0, 0.1) is 17.7 Å². The number of halogens is 1. The van der Waals surface area contributed by atoms with Crippen LogP contribution < -0.4 is 15.5 Å². The SMILES string of the molecule is O=Cc1cccc(NC(=O)NC2N=C(c3ccccc3F)c3ccccc3N(CC(=O)N3CC4CCC(CC4)C3)C2=O)c1. The summed E-state index contributed by atoms with van der Waals surface area (Å²) in [7, 11) is 0. The molecule has 0 aromatic heterocycles. The molecule has 0 radical (unpaired) electrons. The number of fused-ring (bicyclic) bond motifs is 5. The predicted molar refractivity (Wildman–Crippen MR) is 161 cm³/mol. The lowest BCUT2D eigenvalue weighted by molar-refractivity contribution is -0.132. The molecule has 7 rings (SSSR count). The molecule has 4 aliphatic rings. The topological polar surface area (TPSA) is 111 Å². The monoisotopic (exact) mass is 581 g/mol. The lowest BCUT2D eigenvalue weighted by Gasteiger charge is -2.29. The summed E-state index contributed by atoms with van der Waals surface area (Å²) in [5, 5.41) is 5.23. The summed E-state index contributed by atoms with van der Waals surface area (Å²) in [5.74, 6) is -0.419. The minimum Gasteiger partial charge on any atom is -0.341 e. The van der Waals surface area contributed by atoms with Crippen LogP contribution in [0.2, 0.25) is 0 Å². The van der Waals surface area contributed by atoms with E-state index in [-0.39, 0.29) is 23.7 Å². The average Bonchev–Trinajstić information content (AvgIpc) is 3.40. The van der Waals surface area contributed by atoms with Gasteiger partial charge in [0, 0.05) is 35.5 Å². The quantitative estimate of drug-likeness (QED) is 0.414. The van der Waals surface area contributed by atoms with Gasteiger partial charge in [-0.25, -0.2) is 14.2 Å². The molecule has 43 heavy (non-hydrogen) atoms. The fraction of sp³-hybridized carbons (Fsp3) is 0.303. The lowest BCUT2D eigenvalue weighted by atomic mass is 9.84. The van der Waals surface area contributed by atoms with E-state index in [0.717, 1.165) is 25.7 Å². The fourth-order valence-electron chi connectivity index (χ4n) is 6.27. The molecule has 3 fully saturated rings. The van der Waals surface area contributed by atoms with Gasteiger partial charge in [0.2, 0.25) is 12.1 Å². The number of carbonyl (C=O) groups is 4. The van der Waals surface area contributed by atoms with Crippen molar-refractivity contribution in [2.24, 2.45) is 16.8 Å². The lowest BCUT2D eigenvalue weighted by Crippen LogP contribution is -2.51. The molecule has 220 valence electrons. The van der Waals surface area contributed by atoms with Crippen LogP contribution in [0.1, 0.15) is 47.2 Å².